The molecule has 0 aromatic heterocycles. The second kappa shape index (κ2) is 7.47. The molecule has 0 saturated carbocycles. The first-order valence-electron chi connectivity index (χ1n) is 6.04. The van der Waals surface area contributed by atoms with Crippen molar-refractivity contribution in [2.24, 2.45) is 0 Å². The normalized spacial score (nSPS) is 12.7. The largest absolute Gasteiger partial charge is 0.396 e. The van der Waals surface area contributed by atoms with Crippen molar-refractivity contribution >= 4 is 0 Å². The molecule has 1 unspecified atom stereocenters. The van der Waals surface area contributed by atoms with Gasteiger partial charge in [0, 0.05) is 6.61 Å². The third-order valence-corrected chi connectivity index (χ3v) is 2.87. The maximum Gasteiger partial charge on any atom is 0.0431 e. The van der Waals surface area contributed by atoms with Crippen molar-refractivity contribution in [2.75, 3.05) is 6.61 Å². The van der Waals surface area contributed by atoms with Gasteiger partial charge in [-0.15, -0.1) is 0 Å². The Labute approximate surface area is 93.1 Å². The number of aliphatic hydroxyl groups excluding tert-OH is 1. The summed E-state index contributed by atoms with van der Waals surface area (Å²) in [5.41, 5.74) is 1.46. The molecule has 0 radical (unpaired) electrons. The molecule has 0 aliphatic heterocycles. The maximum atomic E-state index is 8.78. The van der Waals surface area contributed by atoms with Crippen LogP contribution in [0, 0.1) is 0 Å². The highest BCUT2D eigenvalue weighted by Crippen LogP contribution is 2.26. The van der Waals surface area contributed by atoms with Gasteiger partial charge in [-0.2, -0.15) is 0 Å². The van der Waals surface area contributed by atoms with Crippen LogP contribution in [0.25, 0.3) is 0 Å². The lowest BCUT2D eigenvalue weighted by molar-refractivity contribution is 0.280. The molecule has 0 spiro atoms. The molecule has 1 aromatic rings. The predicted octanol–water partition coefficient (Wildman–Crippen LogP) is 3.73. The Morgan fingerprint density at radius 3 is 2.40 bits per heavy atom. The summed E-state index contributed by atoms with van der Waals surface area (Å²) in [4.78, 5) is 0. The summed E-state index contributed by atoms with van der Waals surface area (Å²) in [6.45, 7) is 2.57. The quantitative estimate of drug-likeness (QED) is 0.674. The summed E-state index contributed by atoms with van der Waals surface area (Å²) >= 11 is 0. The van der Waals surface area contributed by atoms with Crippen molar-refractivity contribution in [3.63, 3.8) is 0 Å². The van der Waals surface area contributed by atoms with Crippen molar-refractivity contribution in [2.45, 2.75) is 44.9 Å². The van der Waals surface area contributed by atoms with E-state index in [2.05, 4.69) is 37.3 Å². The highest BCUT2D eigenvalue weighted by Gasteiger charge is 2.09. The van der Waals surface area contributed by atoms with Crippen LogP contribution in [0.4, 0.5) is 0 Å². The monoisotopic (exact) mass is 206 g/mol. The van der Waals surface area contributed by atoms with Gasteiger partial charge in [0.2, 0.25) is 0 Å². The van der Waals surface area contributed by atoms with Gasteiger partial charge in [0.15, 0.2) is 0 Å². The van der Waals surface area contributed by atoms with E-state index in [1.54, 1.807) is 0 Å². The van der Waals surface area contributed by atoms with Crippen LogP contribution in [0.2, 0.25) is 0 Å². The molecule has 0 aliphatic rings. The van der Waals surface area contributed by atoms with E-state index in [9.17, 15) is 0 Å². The number of hydrogen-bond donors (Lipinski definition) is 1. The van der Waals surface area contributed by atoms with E-state index >= 15 is 0 Å². The molecule has 0 aliphatic carbocycles. The van der Waals surface area contributed by atoms with Gasteiger partial charge in [0.1, 0.15) is 0 Å². The van der Waals surface area contributed by atoms with Crippen LogP contribution in [0.5, 0.6) is 0 Å². The minimum atomic E-state index is 0.327. The van der Waals surface area contributed by atoms with Gasteiger partial charge < -0.3 is 5.11 Å². The lowest BCUT2D eigenvalue weighted by atomic mass is 9.90. The van der Waals surface area contributed by atoms with Gasteiger partial charge in [-0.3, -0.25) is 0 Å². The summed E-state index contributed by atoms with van der Waals surface area (Å²) in [6, 6.07) is 10.7. The van der Waals surface area contributed by atoms with Gasteiger partial charge in [-0.05, 0) is 30.7 Å². The van der Waals surface area contributed by atoms with Crippen molar-refractivity contribution < 1.29 is 5.11 Å². The van der Waals surface area contributed by atoms with Crippen LogP contribution in [0.3, 0.4) is 0 Å². The summed E-state index contributed by atoms with van der Waals surface area (Å²) in [5.74, 6) is 0.683. The van der Waals surface area contributed by atoms with E-state index in [0.717, 1.165) is 12.8 Å². The van der Waals surface area contributed by atoms with Crippen molar-refractivity contribution in [1.82, 2.24) is 0 Å². The minimum absolute atomic E-state index is 0.327. The Morgan fingerprint density at radius 2 is 1.80 bits per heavy atom. The van der Waals surface area contributed by atoms with Crippen LogP contribution in [-0.2, 0) is 0 Å². The van der Waals surface area contributed by atoms with E-state index < -0.39 is 0 Å². The molecule has 0 saturated heterocycles. The smallest absolute Gasteiger partial charge is 0.0431 e. The van der Waals surface area contributed by atoms with Gasteiger partial charge in [-0.1, -0.05) is 50.1 Å². The average Bonchev–Trinajstić information content (AvgIpc) is 2.29. The van der Waals surface area contributed by atoms with Crippen LogP contribution in [0.1, 0.15) is 50.5 Å². The first-order valence-corrected chi connectivity index (χ1v) is 6.04. The van der Waals surface area contributed by atoms with Crippen LogP contribution >= 0.6 is 0 Å². The first-order chi connectivity index (χ1) is 7.38. The third kappa shape index (κ3) is 4.48. The number of unbranched alkanes of at least 4 members (excludes halogenated alkanes) is 1. The van der Waals surface area contributed by atoms with Crippen LogP contribution < -0.4 is 0 Å². The molecule has 1 nitrogen and oxygen atoms in total. The highest BCUT2D eigenvalue weighted by molar-refractivity contribution is 5.19. The van der Waals surface area contributed by atoms with Crippen molar-refractivity contribution in [3.05, 3.63) is 35.9 Å². The zero-order valence-corrected chi connectivity index (χ0v) is 9.65. The van der Waals surface area contributed by atoms with Crippen LogP contribution in [-0.4, -0.2) is 11.7 Å². The third-order valence-electron chi connectivity index (χ3n) is 2.87. The van der Waals surface area contributed by atoms with Crippen LogP contribution in [0.15, 0.2) is 30.3 Å². The van der Waals surface area contributed by atoms with E-state index in [0.29, 0.717) is 12.5 Å². The molecule has 15 heavy (non-hydrogen) atoms. The second-order valence-corrected chi connectivity index (χ2v) is 4.12. The molecule has 0 fully saturated rings. The summed E-state index contributed by atoms with van der Waals surface area (Å²) in [6.07, 6.45) is 5.77. The fraction of sp³-hybridized carbons (Fsp3) is 0.571. The molecule has 1 N–H and O–H groups in total. The average molecular weight is 206 g/mol. The van der Waals surface area contributed by atoms with Crippen molar-refractivity contribution in [3.8, 4) is 0 Å². The molecule has 0 heterocycles. The van der Waals surface area contributed by atoms with E-state index in [1.807, 2.05) is 0 Å². The summed E-state index contributed by atoms with van der Waals surface area (Å²) in [7, 11) is 0. The molecule has 1 aromatic carbocycles. The SMILES string of the molecule is CCCC(CCCCO)c1ccccc1. The van der Waals surface area contributed by atoms with E-state index in [4.69, 9.17) is 5.11 Å². The van der Waals surface area contributed by atoms with Gasteiger partial charge >= 0.3 is 0 Å². The molecule has 0 amide bonds. The molecule has 1 atom stereocenters. The lowest BCUT2D eigenvalue weighted by Gasteiger charge is -2.16. The molecule has 0 bridgehead atoms. The Morgan fingerprint density at radius 1 is 1.07 bits per heavy atom. The zero-order valence-electron chi connectivity index (χ0n) is 9.65. The van der Waals surface area contributed by atoms with Crippen molar-refractivity contribution in [1.29, 1.82) is 0 Å². The Kier molecular flexibility index (Phi) is 6.10. The molecular weight excluding hydrogens is 184 g/mol. The Hall–Kier alpha value is -0.820. The zero-order chi connectivity index (χ0) is 10.9. The number of benzene rings is 1. The van der Waals surface area contributed by atoms with E-state index in [-0.39, 0.29) is 0 Å². The molecule has 84 valence electrons. The molecular formula is C14H22O. The minimum Gasteiger partial charge on any atom is -0.396 e. The lowest BCUT2D eigenvalue weighted by Crippen LogP contribution is -1.99. The molecule has 1 rings (SSSR count). The Bertz CT molecular complexity index is 243. The summed E-state index contributed by atoms with van der Waals surface area (Å²) in [5, 5.41) is 8.78. The number of rotatable bonds is 7. The topological polar surface area (TPSA) is 20.2 Å². The second-order valence-electron chi connectivity index (χ2n) is 4.12. The maximum absolute atomic E-state index is 8.78. The Balaban J connectivity index is 2.50. The fourth-order valence-electron chi connectivity index (χ4n) is 2.05. The first kappa shape index (κ1) is 12.3. The molecule has 1 heteroatoms. The standard InChI is InChI=1S/C14H22O/c1-2-8-13(11-6-7-12-15)14-9-4-3-5-10-14/h3-5,9-10,13,15H,2,6-8,11-12H2,1H3. The van der Waals surface area contributed by atoms with E-state index in [1.165, 1.54) is 24.8 Å². The van der Waals surface area contributed by atoms with Gasteiger partial charge in [0.25, 0.3) is 0 Å². The van der Waals surface area contributed by atoms with Gasteiger partial charge in [0.05, 0.1) is 0 Å². The fourth-order valence-corrected chi connectivity index (χ4v) is 2.05. The van der Waals surface area contributed by atoms with Gasteiger partial charge in [-0.25, -0.2) is 0 Å². The predicted molar refractivity (Wildman–Crippen MR) is 65.0 cm³/mol. The summed E-state index contributed by atoms with van der Waals surface area (Å²) < 4.78 is 0. The number of aliphatic hydroxyl groups is 1. The number of hydrogen-bond acceptors (Lipinski definition) is 1. The highest BCUT2D eigenvalue weighted by atomic mass is 16.2.